The van der Waals surface area contributed by atoms with E-state index in [1.54, 1.807) is 24.3 Å². The second kappa shape index (κ2) is 5.40. The van der Waals surface area contributed by atoms with Crippen LogP contribution in [0.5, 0.6) is 0 Å². The summed E-state index contributed by atoms with van der Waals surface area (Å²) in [6, 6.07) is 6.95. The summed E-state index contributed by atoms with van der Waals surface area (Å²) >= 11 is 0. The highest BCUT2D eigenvalue weighted by atomic mass is 32.2. The molecule has 0 amide bonds. The van der Waals surface area contributed by atoms with Gasteiger partial charge in [0.1, 0.15) is 0 Å². The Morgan fingerprint density at radius 2 is 2.00 bits per heavy atom. The first-order valence-corrected chi connectivity index (χ1v) is 7.33. The van der Waals surface area contributed by atoms with E-state index in [-0.39, 0.29) is 11.7 Å². The molecular formula is C12H20N2O2S. The third-order valence-corrected chi connectivity index (χ3v) is 4.55. The van der Waals surface area contributed by atoms with Crippen LogP contribution in [-0.2, 0) is 10.0 Å². The molecule has 0 saturated carbocycles. The average molecular weight is 256 g/mol. The molecule has 2 N–H and O–H groups in total. The molecular weight excluding hydrogens is 236 g/mol. The Labute approximate surface area is 103 Å². The van der Waals surface area contributed by atoms with Gasteiger partial charge in [-0.15, -0.1) is 0 Å². The molecule has 96 valence electrons. The number of rotatable bonds is 5. The van der Waals surface area contributed by atoms with Crippen molar-refractivity contribution in [1.29, 1.82) is 0 Å². The zero-order valence-electron chi connectivity index (χ0n) is 10.6. The van der Waals surface area contributed by atoms with Crippen molar-refractivity contribution in [1.82, 2.24) is 0 Å². The van der Waals surface area contributed by atoms with E-state index in [4.69, 9.17) is 5.73 Å². The van der Waals surface area contributed by atoms with Crippen molar-refractivity contribution in [3.63, 3.8) is 0 Å². The van der Waals surface area contributed by atoms with Crippen LogP contribution in [0, 0.1) is 5.92 Å². The van der Waals surface area contributed by atoms with Gasteiger partial charge in [-0.05, 0) is 31.0 Å². The van der Waals surface area contributed by atoms with Gasteiger partial charge in [0.05, 0.1) is 11.4 Å². The van der Waals surface area contributed by atoms with E-state index in [2.05, 4.69) is 0 Å². The topological polar surface area (TPSA) is 63.4 Å². The predicted molar refractivity (Wildman–Crippen MR) is 72.5 cm³/mol. The van der Waals surface area contributed by atoms with Crippen molar-refractivity contribution >= 4 is 21.4 Å². The summed E-state index contributed by atoms with van der Waals surface area (Å²) in [5.41, 5.74) is 6.88. The van der Waals surface area contributed by atoms with Crippen LogP contribution in [0.4, 0.5) is 11.4 Å². The molecule has 0 heterocycles. The summed E-state index contributed by atoms with van der Waals surface area (Å²) in [6.07, 6.45) is 0. The molecule has 1 aromatic rings. The number of nitrogens with zero attached hydrogens (tertiary/aromatic N) is 1. The smallest absolute Gasteiger partial charge is 0.235 e. The van der Waals surface area contributed by atoms with E-state index < -0.39 is 10.0 Å². The Hall–Kier alpha value is -1.23. The predicted octanol–water partition coefficient (Wildman–Crippen LogP) is 2.08. The van der Waals surface area contributed by atoms with Crippen LogP contribution < -0.4 is 10.0 Å². The second-order valence-electron chi connectivity index (χ2n) is 4.43. The molecule has 17 heavy (non-hydrogen) atoms. The van der Waals surface area contributed by atoms with Gasteiger partial charge in [-0.2, -0.15) is 0 Å². The highest BCUT2D eigenvalue weighted by Crippen LogP contribution is 2.21. The van der Waals surface area contributed by atoms with Crippen molar-refractivity contribution < 1.29 is 8.42 Å². The monoisotopic (exact) mass is 256 g/mol. The van der Waals surface area contributed by atoms with E-state index in [9.17, 15) is 8.42 Å². The molecule has 5 heteroatoms. The number of hydrogen-bond donors (Lipinski definition) is 1. The van der Waals surface area contributed by atoms with E-state index >= 15 is 0 Å². The Balaban J connectivity index is 3.07. The molecule has 0 saturated heterocycles. The molecule has 0 aliphatic rings. The molecule has 0 atom stereocenters. The molecule has 0 bridgehead atoms. The molecule has 0 aliphatic heterocycles. The quantitative estimate of drug-likeness (QED) is 0.820. The molecule has 0 radical (unpaired) electrons. The number of nitrogen functional groups attached to an aromatic ring is 1. The highest BCUT2D eigenvalue weighted by Gasteiger charge is 2.22. The second-order valence-corrected chi connectivity index (χ2v) is 6.37. The standard InChI is InChI=1S/C12H20N2O2S/c1-4-14(17(15,16)9-10(2)3)12-7-5-6-11(13)8-12/h5-8,10H,4,9,13H2,1-3H3. The number of anilines is 2. The fourth-order valence-electron chi connectivity index (χ4n) is 1.73. The van der Waals surface area contributed by atoms with Crippen molar-refractivity contribution in [2.24, 2.45) is 5.92 Å². The van der Waals surface area contributed by atoms with Crippen LogP contribution in [-0.4, -0.2) is 20.7 Å². The number of benzene rings is 1. The maximum atomic E-state index is 12.2. The van der Waals surface area contributed by atoms with Crippen molar-refractivity contribution in [3.8, 4) is 0 Å². The van der Waals surface area contributed by atoms with E-state index in [1.165, 1.54) is 4.31 Å². The zero-order valence-corrected chi connectivity index (χ0v) is 11.4. The SMILES string of the molecule is CCN(c1cccc(N)c1)S(=O)(=O)CC(C)C. The van der Waals surface area contributed by atoms with Gasteiger partial charge in [0.25, 0.3) is 0 Å². The van der Waals surface area contributed by atoms with E-state index in [1.807, 2.05) is 20.8 Å². The summed E-state index contributed by atoms with van der Waals surface area (Å²) in [5.74, 6) is 0.255. The highest BCUT2D eigenvalue weighted by molar-refractivity contribution is 7.92. The lowest BCUT2D eigenvalue weighted by Crippen LogP contribution is -2.34. The lowest BCUT2D eigenvalue weighted by atomic mass is 10.3. The molecule has 4 nitrogen and oxygen atoms in total. The summed E-state index contributed by atoms with van der Waals surface area (Å²) in [5, 5.41) is 0. The van der Waals surface area contributed by atoms with Gasteiger partial charge in [0, 0.05) is 12.2 Å². The van der Waals surface area contributed by atoms with Crippen LogP contribution in [0.15, 0.2) is 24.3 Å². The van der Waals surface area contributed by atoms with Crippen LogP contribution in [0.1, 0.15) is 20.8 Å². The maximum absolute atomic E-state index is 12.2. The molecule has 0 spiro atoms. The summed E-state index contributed by atoms with van der Waals surface area (Å²) in [4.78, 5) is 0. The molecule has 0 aromatic heterocycles. The third-order valence-electron chi connectivity index (χ3n) is 2.33. The summed E-state index contributed by atoms with van der Waals surface area (Å²) in [7, 11) is -3.26. The normalized spacial score (nSPS) is 11.8. The van der Waals surface area contributed by atoms with Crippen LogP contribution >= 0.6 is 0 Å². The third kappa shape index (κ3) is 3.63. The fourth-order valence-corrected chi connectivity index (χ4v) is 3.58. The van der Waals surface area contributed by atoms with Crippen molar-refractivity contribution in [3.05, 3.63) is 24.3 Å². The van der Waals surface area contributed by atoms with Gasteiger partial charge in [0.15, 0.2) is 0 Å². The van der Waals surface area contributed by atoms with E-state index in [0.717, 1.165) is 0 Å². The average Bonchev–Trinajstić information content (AvgIpc) is 2.15. The van der Waals surface area contributed by atoms with Gasteiger partial charge < -0.3 is 5.73 Å². The summed E-state index contributed by atoms with van der Waals surface area (Å²) in [6.45, 7) is 6.02. The maximum Gasteiger partial charge on any atom is 0.235 e. The Bertz CT molecular complexity index is 469. The van der Waals surface area contributed by atoms with Crippen LogP contribution in [0.3, 0.4) is 0 Å². The van der Waals surface area contributed by atoms with Gasteiger partial charge in [-0.3, -0.25) is 4.31 Å². The lowest BCUT2D eigenvalue weighted by Gasteiger charge is -2.24. The largest absolute Gasteiger partial charge is 0.399 e. The molecule has 0 fully saturated rings. The number of nitrogens with two attached hydrogens (primary N) is 1. The minimum Gasteiger partial charge on any atom is -0.399 e. The van der Waals surface area contributed by atoms with E-state index in [0.29, 0.717) is 17.9 Å². The lowest BCUT2D eigenvalue weighted by molar-refractivity contribution is 0.578. The van der Waals surface area contributed by atoms with Crippen LogP contribution in [0.2, 0.25) is 0 Å². The first-order chi connectivity index (χ1) is 7.86. The minimum absolute atomic E-state index is 0.107. The molecule has 1 aromatic carbocycles. The van der Waals surface area contributed by atoms with Crippen molar-refractivity contribution in [2.75, 3.05) is 22.3 Å². The Morgan fingerprint density at radius 3 is 2.47 bits per heavy atom. The first kappa shape index (κ1) is 13.8. The van der Waals surface area contributed by atoms with Gasteiger partial charge in [0.2, 0.25) is 10.0 Å². The summed E-state index contributed by atoms with van der Waals surface area (Å²) < 4.78 is 25.7. The number of sulfonamides is 1. The molecule has 0 aliphatic carbocycles. The fraction of sp³-hybridized carbons (Fsp3) is 0.500. The van der Waals surface area contributed by atoms with Gasteiger partial charge >= 0.3 is 0 Å². The van der Waals surface area contributed by atoms with Crippen molar-refractivity contribution in [2.45, 2.75) is 20.8 Å². The zero-order chi connectivity index (χ0) is 13.1. The van der Waals surface area contributed by atoms with Gasteiger partial charge in [-0.25, -0.2) is 8.42 Å². The Kier molecular flexibility index (Phi) is 4.40. The van der Waals surface area contributed by atoms with Crippen LogP contribution in [0.25, 0.3) is 0 Å². The van der Waals surface area contributed by atoms with Gasteiger partial charge in [-0.1, -0.05) is 19.9 Å². The first-order valence-electron chi connectivity index (χ1n) is 5.72. The molecule has 0 unspecified atom stereocenters. The Morgan fingerprint density at radius 1 is 1.35 bits per heavy atom. The molecule has 1 rings (SSSR count). The number of hydrogen-bond acceptors (Lipinski definition) is 3. The minimum atomic E-state index is -3.26.